The van der Waals surface area contributed by atoms with Crippen molar-refractivity contribution in [3.8, 4) is 11.5 Å². The van der Waals surface area contributed by atoms with Crippen molar-refractivity contribution in [1.82, 2.24) is 9.80 Å². The van der Waals surface area contributed by atoms with E-state index in [1.165, 1.54) is 18.2 Å². The van der Waals surface area contributed by atoms with Crippen LogP contribution in [0, 0.1) is 5.82 Å². The molecule has 0 aliphatic carbocycles. The first-order chi connectivity index (χ1) is 14.5. The van der Waals surface area contributed by atoms with E-state index in [0.29, 0.717) is 62.5 Å². The van der Waals surface area contributed by atoms with Crippen molar-refractivity contribution >= 4 is 11.8 Å². The first kappa shape index (κ1) is 21.6. The molecule has 3 rings (SSSR count). The number of amides is 2. The van der Waals surface area contributed by atoms with Gasteiger partial charge in [-0.2, -0.15) is 0 Å². The molecule has 0 saturated carbocycles. The number of nitrogens with zero attached hydrogens (tertiary/aromatic N) is 2. The van der Waals surface area contributed by atoms with Gasteiger partial charge < -0.3 is 19.3 Å². The van der Waals surface area contributed by atoms with Crippen LogP contribution in [0.4, 0.5) is 4.39 Å². The number of aryl methyl sites for hydroxylation is 1. The van der Waals surface area contributed by atoms with Gasteiger partial charge in [-0.15, -0.1) is 0 Å². The Morgan fingerprint density at radius 2 is 1.67 bits per heavy atom. The molecular weight excluding hydrogens is 387 g/mol. The average molecular weight is 414 g/mol. The molecule has 0 radical (unpaired) electrons. The second-order valence-corrected chi connectivity index (χ2v) is 7.23. The van der Waals surface area contributed by atoms with Gasteiger partial charge in [-0.25, -0.2) is 4.39 Å². The van der Waals surface area contributed by atoms with Crippen LogP contribution in [0.3, 0.4) is 0 Å². The fourth-order valence-electron chi connectivity index (χ4n) is 3.62. The Balaban J connectivity index is 1.55. The van der Waals surface area contributed by atoms with Crippen molar-refractivity contribution in [2.75, 3.05) is 40.4 Å². The highest BCUT2D eigenvalue weighted by Gasteiger charge is 2.23. The minimum absolute atomic E-state index is 0.0600. The summed E-state index contributed by atoms with van der Waals surface area (Å²) in [6.07, 6.45) is 1.68. The predicted molar refractivity (Wildman–Crippen MR) is 111 cm³/mol. The Kier molecular flexibility index (Phi) is 7.27. The standard InChI is InChI=1S/C23H27FN2O4/c1-29-20-9-7-17(15-21(20)30-2)8-10-22(27)25-11-4-12-26(14-13-25)23(28)18-5-3-6-19(24)16-18/h3,5-7,9,15-16H,4,8,10-14H2,1-2H3. The highest BCUT2D eigenvalue weighted by atomic mass is 19.1. The van der Waals surface area contributed by atoms with Crippen LogP contribution >= 0.6 is 0 Å². The molecule has 2 aromatic carbocycles. The predicted octanol–water partition coefficient (Wildman–Crippen LogP) is 3.15. The Bertz CT molecular complexity index is 903. The highest BCUT2D eigenvalue weighted by molar-refractivity contribution is 5.94. The Labute approximate surface area is 176 Å². The van der Waals surface area contributed by atoms with Crippen molar-refractivity contribution in [3.05, 3.63) is 59.4 Å². The summed E-state index contributed by atoms with van der Waals surface area (Å²) in [5.41, 5.74) is 1.34. The number of rotatable bonds is 6. The van der Waals surface area contributed by atoms with Gasteiger partial charge in [0.1, 0.15) is 5.82 Å². The maximum Gasteiger partial charge on any atom is 0.254 e. The monoisotopic (exact) mass is 414 g/mol. The number of ether oxygens (including phenoxy) is 2. The largest absolute Gasteiger partial charge is 0.493 e. The summed E-state index contributed by atoms with van der Waals surface area (Å²) in [5.74, 6) is 0.730. The Morgan fingerprint density at radius 1 is 0.933 bits per heavy atom. The van der Waals surface area contributed by atoms with Gasteiger partial charge >= 0.3 is 0 Å². The molecular formula is C23H27FN2O4. The third kappa shape index (κ3) is 5.28. The van der Waals surface area contributed by atoms with Gasteiger partial charge in [0.2, 0.25) is 5.91 Å². The van der Waals surface area contributed by atoms with Gasteiger partial charge in [-0.05, 0) is 48.7 Å². The number of benzene rings is 2. The smallest absolute Gasteiger partial charge is 0.254 e. The molecule has 2 amide bonds. The van der Waals surface area contributed by atoms with Gasteiger partial charge in [0.15, 0.2) is 11.5 Å². The van der Waals surface area contributed by atoms with Gasteiger partial charge in [0, 0.05) is 38.2 Å². The molecule has 1 aliphatic heterocycles. The van der Waals surface area contributed by atoms with Gasteiger partial charge in [-0.3, -0.25) is 9.59 Å². The van der Waals surface area contributed by atoms with Crippen LogP contribution in [0.2, 0.25) is 0 Å². The number of halogens is 1. The van der Waals surface area contributed by atoms with Crippen LogP contribution in [0.15, 0.2) is 42.5 Å². The molecule has 30 heavy (non-hydrogen) atoms. The summed E-state index contributed by atoms with van der Waals surface area (Å²) >= 11 is 0. The number of hydrogen-bond donors (Lipinski definition) is 0. The zero-order valence-electron chi connectivity index (χ0n) is 17.4. The Hall–Kier alpha value is -3.09. The topological polar surface area (TPSA) is 59.1 Å². The molecule has 0 aromatic heterocycles. The quantitative estimate of drug-likeness (QED) is 0.729. The lowest BCUT2D eigenvalue weighted by molar-refractivity contribution is -0.131. The normalized spacial score (nSPS) is 14.2. The molecule has 7 heteroatoms. The van der Waals surface area contributed by atoms with Crippen LogP contribution in [0.5, 0.6) is 11.5 Å². The maximum absolute atomic E-state index is 13.4. The second-order valence-electron chi connectivity index (χ2n) is 7.23. The fraction of sp³-hybridized carbons (Fsp3) is 0.391. The van der Waals surface area contributed by atoms with E-state index in [2.05, 4.69) is 0 Å². The second kappa shape index (κ2) is 10.1. The average Bonchev–Trinajstić information content (AvgIpc) is 3.03. The van der Waals surface area contributed by atoms with Crippen molar-refractivity contribution in [1.29, 1.82) is 0 Å². The van der Waals surface area contributed by atoms with Gasteiger partial charge in [0.25, 0.3) is 5.91 Å². The maximum atomic E-state index is 13.4. The molecule has 2 aromatic rings. The summed E-state index contributed by atoms with van der Waals surface area (Å²) in [5, 5.41) is 0. The SMILES string of the molecule is COc1ccc(CCC(=O)N2CCCN(C(=O)c3cccc(F)c3)CC2)cc1OC. The third-order valence-electron chi connectivity index (χ3n) is 5.28. The van der Waals surface area contributed by atoms with E-state index >= 15 is 0 Å². The number of methoxy groups -OCH3 is 2. The first-order valence-electron chi connectivity index (χ1n) is 10.1. The molecule has 0 bridgehead atoms. The molecule has 1 fully saturated rings. The lowest BCUT2D eigenvalue weighted by Crippen LogP contribution is -2.37. The van der Waals surface area contributed by atoms with E-state index in [1.54, 1.807) is 30.1 Å². The van der Waals surface area contributed by atoms with Gasteiger partial charge in [0.05, 0.1) is 14.2 Å². The number of hydrogen-bond acceptors (Lipinski definition) is 4. The van der Waals surface area contributed by atoms with Crippen molar-refractivity contribution in [2.45, 2.75) is 19.3 Å². The minimum atomic E-state index is -0.428. The molecule has 1 heterocycles. The first-order valence-corrected chi connectivity index (χ1v) is 10.1. The van der Waals surface area contributed by atoms with Crippen molar-refractivity contribution in [2.24, 2.45) is 0 Å². The lowest BCUT2D eigenvalue weighted by Gasteiger charge is -2.22. The van der Waals surface area contributed by atoms with Crippen molar-refractivity contribution in [3.63, 3.8) is 0 Å². The zero-order chi connectivity index (χ0) is 21.5. The zero-order valence-corrected chi connectivity index (χ0v) is 17.4. The van der Waals surface area contributed by atoms with E-state index in [4.69, 9.17) is 9.47 Å². The number of carbonyl (C=O) groups is 2. The van der Waals surface area contributed by atoms with Crippen LogP contribution in [0.1, 0.15) is 28.8 Å². The van der Waals surface area contributed by atoms with Crippen molar-refractivity contribution < 1.29 is 23.5 Å². The molecule has 160 valence electrons. The lowest BCUT2D eigenvalue weighted by atomic mass is 10.1. The summed E-state index contributed by atoms with van der Waals surface area (Å²) in [6.45, 7) is 2.08. The van der Waals surface area contributed by atoms with Crippen LogP contribution in [-0.4, -0.2) is 62.0 Å². The molecule has 0 atom stereocenters. The Morgan fingerprint density at radius 3 is 2.40 bits per heavy atom. The van der Waals surface area contributed by atoms with Crippen LogP contribution in [0.25, 0.3) is 0 Å². The molecule has 0 N–H and O–H groups in total. The van der Waals surface area contributed by atoms with Crippen LogP contribution in [-0.2, 0) is 11.2 Å². The van der Waals surface area contributed by atoms with Gasteiger partial charge in [-0.1, -0.05) is 12.1 Å². The summed E-state index contributed by atoms with van der Waals surface area (Å²) < 4.78 is 24.0. The van der Waals surface area contributed by atoms with E-state index < -0.39 is 5.82 Å². The third-order valence-corrected chi connectivity index (χ3v) is 5.28. The van der Waals surface area contributed by atoms with E-state index in [-0.39, 0.29) is 11.8 Å². The summed E-state index contributed by atoms with van der Waals surface area (Å²) in [7, 11) is 3.17. The fourth-order valence-corrected chi connectivity index (χ4v) is 3.62. The van der Waals surface area contributed by atoms with E-state index in [9.17, 15) is 14.0 Å². The van der Waals surface area contributed by atoms with E-state index in [1.807, 2.05) is 18.2 Å². The highest BCUT2D eigenvalue weighted by Crippen LogP contribution is 2.28. The minimum Gasteiger partial charge on any atom is -0.493 e. The molecule has 0 unspecified atom stereocenters. The molecule has 6 nitrogen and oxygen atoms in total. The summed E-state index contributed by atoms with van der Waals surface area (Å²) in [4.78, 5) is 28.8. The summed E-state index contributed by atoms with van der Waals surface area (Å²) in [6, 6.07) is 11.4. The van der Waals surface area contributed by atoms with Crippen LogP contribution < -0.4 is 9.47 Å². The number of carbonyl (C=O) groups excluding carboxylic acids is 2. The molecule has 1 aliphatic rings. The van der Waals surface area contributed by atoms with E-state index in [0.717, 1.165) is 5.56 Å². The molecule has 0 spiro atoms. The molecule has 1 saturated heterocycles.